The van der Waals surface area contributed by atoms with Crippen LogP contribution in [0, 0.1) is 17.8 Å². The Hall–Kier alpha value is -2.45. The summed E-state index contributed by atoms with van der Waals surface area (Å²) in [4.78, 5) is 38.3. The Labute approximate surface area is 213 Å². The van der Waals surface area contributed by atoms with Crippen molar-refractivity contribution in [1.82, 2.24) is 0 Å². The van der Waals surface area contributed by atoms with E-state index in [0.29, 0.717) is 31.4 Å². The number of amides is 1. The van der Waals surface area contributed by atoms with E-state index in [9.17, 15) is 14.4 Å². The summed E-state index contributed by atoms with van der Waals surface area (Å²) in [5, 5.41) is 20.7. The molecule has 2 saturated carbocycles. The molecule has 200 valence electrons. The Morgan fingerprint density at radius 3 is 1.72 bits per heavy atom. The standard InChI is InChI=1S/C28H41NO7/c30-13-3-5-15-35-27(33)23-17-24(28(34)36-16-6-4-14-31)19-25(18-23)29-26(32)22-11-9-21(10-12-22)20-7-1-2-8-20/h17-22,30-31H,1-16H2,(H,29,32). The summed E-state index contributed by atoms with van der Waals surface area (Å²) in [6.07, 6.45) is 11.3. The number of unbranched alkanes of at least 4 members (excludes halogenated alkanes) is 2. The van der Waals surface area contributed by atoms with Crippen LogP contribution in [-0.2, 0) is 14.3 Å². The third-order valence-corrected chi connectivity index (χ3v) is 7.45. The topological polar surface area (TPSA) is 122 Å². The molecule has 3 N–H and O–H groups in total. The first-order valence-corrected chi connectivity index (χ1v) is 13.5. The molecule has 36 heavy (non-hydrogen) atoms. The number of rotatable bonds is 13. The van der Waals surface area contributed by atoms with Gasteiger partial charge in [0.2, 0.25) is 5.91 Å². The molecular weight excluding hydrogens is 462 g/mol. The summed E-state index contributed by atoms with van der Waals surface area (Å²) in [6, 6.07) is 4.46. The Morgan fingerprint density at radius 1 is 0.722 bits per heavy atom. The van der Waals surface area contributed by atoms with Gasteiger partial charge in [-0.15, -0.1) is 0 Å². The molecule has 0 aliphatic heterocycles. The molecule has 2 aliphatic carbocycles. The smallest absolute Gasteiger partial charge is 0.338 e. The van der Waals surface area contributed by atoms with Gasteiger partial charge in [0.25, 0.3) is 0 Å². The quantitative estimate of drug-likeness (QED) is 0.268. The predicted octanol–water partition coefficient (Wildman–Crippen LogP) is 4.48. The maximum atomic E-state index is 13.1. The fourth-order valence-corrected chi connectivity index (χ4v) is 5.39. The van der Waals surface area contributed by atoms with Crippen molar-refractivity contribution in [2.24, 2.45) is 17.8 Å². The number of benzene rings is 1. The lowest BCUT2D eigenvalue weighted by Gasteiger charge is -2.31. The molecule has 0 spiro atoms. The molecule has 3 rings (SSSR count). The number of aliphatic hydroxyl groups is 2. The zero-order chi connectivity index (χ0) is 25.8. The number of carbonyl (C=O) groups is 3. The number of carbonyl (C=O) groups excluding carboxylic acids is 3. The molecule has 1 aromatic carbocycles. The van der Waals surface area contributed by atoms with Gasteiger partial charge in [0.05, 0.1) is 24.3 Å². The van der Waals surface area contributed by atoms with E-state index < -0.39 is 11.9 Å². The van der Waals surface area contributed by atoms with Crippen molar-refractivity contribution in [3.8, 4) is 0 Å². The number of esters is 2. The molecule has 0 radical (unpaired) electrons. The molecule has 1 aromatic rings. The van der Waals surface area contributed by atoms with Crippen LogP contribution in [0.15, 0.2) is 18.2 Å². The Bertz CT molecular complexity index is 815. The largest absolute Gasteiger partial charge is 0.462 e. The van der Waals surface area contributed by atoms with Gasteiger partial charge in [-0.25, -0.2) is 9.59 Å². The lowest BCUT2D eigenvalue weighted by molar-refractivity contribution is -0.121. The van der Waals surface area contributed by atoms with E-state index in [0.717, 1.165) is 37.5 Å². The summed E-state index contributed by atoms with van der Waals surface area (Å²) in [5.41, 5.74) is 0.679. The highest BCUT2D eigenvalue weighted by Crippen LogP contribution is 2.41. The molecule has 0 saturated heterocycles. The Morgan fingerprint density at radius 2 is 1.22 bits per heavy atom. The van der Waals surface area contributed by atoms with Crippen molar-refractivity contribution in [3.63, 3.8) is 0 Å². The number of ether oxygens (including phenoxy) is 2. The van der Waals surface area contributed by atoms with Crippen molar-refractivity contribution in [2.75, 3.05) is 31.7 Å². The van der Waals surface area contributed by atoms with Crippen LogP contribution in [0.2, 0.25) is 0 Å². The second-order valence-corrected chi connectivity index (χ2v) is 10.1. The van der Waals surface area contributed by atoms with E-state index in [4.69, 9.17) is 19.7 Å². The van der Waals surface area contributed by atoms with Gasteiger partial charge >= 0.3 is 11.9 Å². The van der Waals surface area contributed by atoms with Crippen molar-refractivity contribution in [3.05, 3.63) is 29.3 Å². The SMILES string of the molecule is O=C(OCCCCO)c1cc(NC(=O)C2CCC(C3CCCC3)CC2)cc(C(=O)OCCCCO)c1. The number of aliphatic hydroxyl groups excluding tert-OH is 2. The number of hydrogen-bond acceptors (Lipinski definition) is 7. The highest BCUT2D eigenvalue weighted by Gasteiger charge is 2.32. The van der Waals surface area contributed by atoms with E-state index in [1.807, 2.05) is 0 Å². The van der Waals surface area contributed by atoms with Gasteiger partial charge in [-0.05, 0) is 81.4 Å². The van der Waals surface area contributed by atoms with Crippen molar-refractivity contribution < 1.29 is 34.1 Å². The van der Waals surface area contributed by atoms with Crippen LogP contribution in [0.4, 0.5) is 5.69 Å². The third kappa shape index (κ3) is 8.59. The first-order valence-electron chi connectivity index (χ1n) is 13.5. The second-order valence-electron chi connectivity index (χ2n) is 10.1. The minimum Gasteiger partial charge on any atom is -0.462 e. The van der Waals surface area contributed by atoms with Crippen LogP contribution in [0.3, 0.4) is 0 Å². The van der Waals surface area contributed by atoms with Crippen LogP contribution < -0.4 is 5.32 Å². The molecule has 2 fully saturated rings. The summed E-state index contributed by atoms with van der Waals surface area (Å²) in [7, 11) is 0. The van der Waals surface area contributed by atoms with Gasteiger partial charge < -0.3 is 25.0 Å². The van der Waals surface area contributed by atoms with Gasteiger partial charge in [0, 0.05) is 24.8 Å². The van der Waals surface area contributed by atoms with Gasteiger partial charge in [0.1, 0.15) is 0 Å². The van der Waals surface area contributed by atoms with Crippen molar-refractivity contribution in [2.45, 2.75) is 77.0 Å². The summed E-state index contributed by atoms with van der Waals surface area (Å²) < 4.78 is 10.5. The molecule has 0 aromatic heterocycles. The predicted molar refractivity (Wildman–Crippen MR) is 136 cm³/mol. The average Bonchev–Trinajstić information content (AvgIpc) is 3.44. The van der Waals surface area contributed by atoms with Gasteiger partial charge in [-0.2, -0.15) is 0 Å². The van der Waals surface area contributed by atoms with Gasteiger partial charge in [-0.1, -0.05) is 25.7 Å². The van der Waals surface area contributed by atoms with E-state index in [1.165, 1.54) is 43.9 Å². The first kappa shape index (κ1) is 28.1. The van der Waals surface area contributed by atoms with Crippen molar-refractivity contribution >= 4 is 23.5 Å². The molecule has 1 amide bonds. The molecule has 0 atom stereocenters. The van der Waals surface area contributed by atoms with E-state index in [-0.39, 0.29) is 49.4 Å². The molecule has 0 unspecified atom stereocenters. The molecule has 0 heterocycles. The monoisotopic (exact) mass is 503 g/mol. The lowest BCUT2D eigenvalue weighted by atomic mass is 9.75. The number of anilines is 1. The Balaban J connectivity index is 1.64. The molecule has 8 nitrogen and oxygen atoms in total. The minimum absolute atomic E-state index is 0.0217. The number of hydrogen-bond donors (Lipinski definition) is 3. The maximum Gasteiger partial charge on any atom is 0.338 e. The fraction of sp³-hybridized carbons (Fsp3) is 0.679. The Kier molecular flexibility index (Phi) is 11.7. The van der Waals surface area contributed by atoms with E-state index >= 15 is 0 Å². The van der Waals surface area contributed by atoms with Crippen LogP contribution in [0.25, 0.3) is 0 Å². The normalized spacial score (nSPS) is 20.2. The van der Waals surface area contributed by atoms with Crippen LogP contribution in [-0.4, -0.2) is 54.5 Å². The van der Waals surface area contributed by atoms with Crippen LogP contribution in [0.5, 0.6) is 0 Å². The zero-order valence-corrected chi connectivity index (χ0v) is 21.2. The third-order valence-electron chi connectivity index (χ3n) is 7.45. The van der Waals surface area contributed by atoms with Crippen LogP contribution in [0.1, 0.15) is 97.8 Å². The summed E-state index contributed by atoms with van der Waals surface area (Å²) >= 11 is 0. The van der Waals surface area contributed by atoms with Gasteiger partial charge in [0.15, 0.2) is 0 Å². The van der Waals surface area contributed by atoms with Crippen LogP contribution >= 0.6 is 0 Å². The summed E-state index contributed by atoms with van der Waals surface area (Å²) in [6.45, 7) is 0.351. The molecular formula is C28H41NO7. The van der Waals surface area contributed by atoms with E-state index in [2.05, 4.69) is 5.32 Å². The zero-order valence-electron chi connectivity index (χ0n) is 21.2. The highest BCUT2D eigenvalue weighted by atomic mass is 16.5. The molecule has 0 bridgehead atoms. The molecule has 8 heteroatoms. The lowest BCUT2D eigenvalue weighted by Crippen LogP contribution is -2.29. The minimum atomic E-state index is -0.601. The fourth-order valence-electron chi connectivity index (χ4n) is 5.39. The van der Waals surface area contributed by atoms with Gasteiger partial charge in [-0.3, -0.25) is 4.79 Å². The highest BCUT2D eigenvalue weighted by molar-refractivity contribution is 6.00. The first-order chi connectivity index (χ1) is 17.5. The molecule has 2 aliphatic rings. The second kappa shape index (κ2) is 15.0. The van der Waals surface area contributed by atoms with E-state index in [1.54, 1.807) is 0 Å². The summed E-state index contributed by atoms with van der Waals surface area (Å²) in [5.74, 6) is 0.180. The van der Waals surface area contributed by atoms with Crippen molar-refractivity contribution in [1.29, 1.82) is 0 Å². The maximum absolute atomic E-state index is 13.1. The average molecular weight is 504 g/mol. The number of nitrogens with one attached hydrogen (secondary N) is 1.